The lowest BCUT2D eigenvalue weighted by Gasteiger charge is -2.44. The van der Waals surface area contributed by atoms with Crippen LogP contribution >= 0.6 is 0 Å². The van der Waals surface area contributed by atoms with E-state index in [0.717, 1.165) is 18.8 Å². The van der Waals surface area contributed by atoms with Gasteiger partial charge in [-0.1, -0.05) is 19.9 Å². The molecule has 3 heteroatoms. The smallest absolute Gasteiger partial charge is 0.333 e. The minimum absolute atomic E-state index is 0.156. The molecule has 1 aliphatic heterocycles. The van der Waals surface area contributed by atoms with Crippen LogP contribution in [0, 0.1) is 5.92 Å². The Hall–Kier alpha value is -0.830. The van der Waals surface area contributed by atoms with Gasteiger partial charge in [0.05, 0.1) is 0 Å². The molecule has 1 saturated carbocycles. The first kappa shape index (κ1) is 19.2. The average molecular weight is 309 g/mol. The van der Waals surface area contributed by atoms with E-state index in [9.17, 15) is 4.79 Å². The number of carbonyl (C=O) groups is 1. The molecule has 2 fully saturated rings. The Morgan fingerprint density at radius 2 is 1.73 bits per heavy atom. The molecule has 0 aromatic rings. The van der Waals surface area contributed by atoms with Gasteiger partial charge in [-0.3, -0.25) is 0 Å². The zero-order valence-corrected chi connectivity index (χ0v) is 15.3. The van der Waals surface area contributed by atoms with E-state index in [0.29, 0.717) is 11.1 Å². The van der Waals surface area contributed by atoms with Crippen LogP contribution in [0.2, 0.25) is 0 Å². The van der Waals surface area contributed by atoms with Gasteiger partial charge in [-0.05, 0) is 78.8 Å². The van der Waals surface area contributed by atoms with Crippen LogP contribution in [0.5, 0.6) is 0 Å². The molecule has 128 valence electrons. The van der Waals surface area contributed by atoms with Gasteiger partial charge in [0.15, 0.2) is 0 Å². The van der Waals surface area contributed by atoms with E-state index in [1.54, 1.807) is 6.92 Å². The quantitative estimate of drug-likeness (QED) is 0.553. The maximum absolute atomic E-state index is 11.1. The standard InChI is InChI=1S/C10H16O2.C9H19N/c1-8(2)10(11)12-9-6-4-3-5-7-9;1-8-6-5-7-10(4)9(8,2)3/h9H,1,3-7H2,2H3;8H,5-7H2,1-4H3. The van der Waals surface area contributed by atoms with Gasteiger partial charge in [0.1, 0.15) is 6.10 Å². The molecule has 3 nitrogen and oxygen atoms in total. The van der Waals surface area contributed by atoms with Crippen LogP contribution in [0.3, 0.4) is 0 Å². The molecule has 1 atom stereocenters. The third kappa shape index (κ3) is 5.75. The van der Waals surface area contributed by atoms with Crippen LogP contribution in [0.25, 0.3) is 0 Å². The largest absolute Gasteiger partial charge is 0.459 e. The fourth-order valence-corrected chi connectivity index (χ4v) is 3.09. The Kier molecular flexibility index (Phi) is 7.61. The van der Waals surface area contributed by atoms with Crippen LogP contribution in [-0.2, 0) is 9.53 Å². The molecule has 0 amide bonds. The molecule has 0 aromatic heterocycles. The molecule has 1 heterocycles. The van der Waals surface area contributed by atoms with Crippen molar-refractivity contribution in [3.05, 3.63) is 12.2 Å². The lowest BCUT2D eigenvalue weighted by atomic mass is 9.81. The zero-order valence-electron chi connectivity index (χ0n) is 15.3. The van der Waals surface area contributed by atoms with Crippen molar-refractivity contribution in [2.45, 2.75) is 84.3 Å². The normalized spacial score (nSPS) is 25.8. The zero-order chi connectivity index (χ0) is 16.8. The van der Waals surface area contributed by atoms with Gasteiger partial charge in [0, 0.05) is 11.1 Å². The molecule has 0 spiro atoms. The first-order chi connectivity index (χ1) is 10.2. The van der Waals surface area contributed by atoms with E-state index in [1.165, 1.54) is 38.6 Å². The number of esters is 1. The average Bonchev–Trinajstić information content (AvgIpc) is 2.47. The van der Waals surface area contributed by atoms with E-state index in [1.807, 2.05) is 0 Å². The van der Waals surface area contributed by atoms with Crippen molar-refractivity contribution in [1.29, 1.82) is 0 Å². The summed E-state index contributed by atoms with van der Waals surface area (Å²) in [5, 5.41) is 0. The minimum Gasteiger partial charge on any atom is -0.459 e. The van der Waals surface area contributed by atoms with Crippen LogP contribution in [-0.4, -0.2) is 36.1 Å². The lowest BCUT2D eigenvalue weighted by Crippen LogP contribution is -2.49. The molecule has 1 saturated heterocycles. The third-order valence-corrected chi connectivity index (χ3v) is 5.49. The molecular formula is C19H35NO2. The SMILES string of the molecule is C=C(C)C(=O)OC1CCCCC1.CC1CCCN(C)C1(C)C. The molecule has 0 radical (unpaired) electrons. The van der Waals surface area contributed by atoms with Crippen LogP contribution in [0.1, 0.15) is 72.6 Å². The van der Waals surface area contributed by atoms with Gasteiger partial charge >= 0.3 is 5.97 Å². The summed E-state index contributed by atoms with van der Waals surface area (Å²) in [4.78, 5) is 13.6. The van der Waals surface area contributed by atoms with Crippen molar-refractivity contribution in [1.82, 2.24) is 4.90 Å². The predicted octanol–water partition coefficient (Wildman–Crippen LogP) is 4.57. The Morgan fingerprint density at radius 1 is 1.14 bits per heavy atom. The minimum atomic E-state index is -0.234. The highest BCUT2D eigenvalue weighted by atomic mass is 16.5. The lowest BCUT2D eigenvalue weighted by molar-refractivity contribution is -0.145. The molecule has 22 heavy (non-hydrogen) atoms. The Balaban J connectivity index is 0.000000224. The molecule has 2 aliphatic rings. The van der Waals surface area contributed by atoms with E-state index in [-0.39, 0.29) is 12.1 Å². The highest BCUT2D eigenvalue weighted by Gasteiger charge is 2.32. The van der Waals surface area contributed by atoms with E-state index < -0.39 is 0 Å². The number of likely N-dealkylation sites (tertiary alicyclic amines) is 1. The van der Waals surface area contributed by atoms with Gasteiger partial charge in [0.25, 0.3) is 0 Å². The van der Waals surface area contributed by atoms with Crippen molar-refractivity contribution in [2.75, 3.05) is 13.6 Å². The molecule has 1 aliphatic carbocycles. The monoisotopic (exact) mass is 309 g/mol. The summed E-state index contributed by atoms with van der Waals surface area (Å²) in [6, 6.07) is 0. The fourth-order valence-electron chi connectivity index (χ4n) is 3.09. The van der Waals surface area contributed by atoms with Crippen molar-refractivity contribution in [3.8, 4) is 0 Å². The van der Waals surface area contributed by atoms with Crippen molar-refractivity contribution in [2.24, 2.45) is 5.92 Å². The van der Waals surface area contributed by atoms with Crippen LogP contribution < -0.4 is 0 Å². The number of piperidine rings is 1. The Labute approximate surface area is 137 Å². The van der Waals surface area contributed by atoms with Gasteiger partial charge in [-0.15, -0.1) is 0 Å². The highest BCUT2D eigenvalue weighted by molar-refractivity contribution is 5.87. The van der Waals surface area contributed by atoms with E-state index >= 15 is 0 Å². The molecule has 0 bridgehead atoms. The van der Waals surface area contributed by atoms with Gasteiger partial charge in [0.2, 0.25) is 0 Å². The molecule has 0 aromatic carbocycles. The summed E-state index contributed by atoms with van der Waals surface area (Å²) < 4.78 is 5.21. The number of ether oxygens (including phenoxy) is 1. The number of carbonyl (C=O) groups excluding carboxylic acids is 1. The summed E-state index contributed by atoms with van der Waals surface area (Å²) >= 11 is 0. The van der Waals surface area contributed by atoms with E-state index in [2.05, 4.69) is 39.3 Å². The van der Waals surface area contributed by atoms with E-state index in [4.69, 9.17) is 4.74 Å². The Bertz CT molecular complexity index is 358. The first-order valence-electron chi connectivity index (χ1n) is 8.83. The third-order valence-electron chi connectivity index (χ3n) is 5.49. The van der Waals surface area contributed by atoms with Gasteiger partial charge in [-0.25, -0.2) is 4.79 Å². The topological polar surface area (TPSA) is 29.5 Å². The maximum Gasteiger partial charge on any atom is 0.333 e. The second-order valence-electron chi connectivity index (χ2n) is 7.56. The second-order valence-corrected chi connectivity index (χ2v) is 7.56. The maximum atomic E-state index is 11.1. The van der Waals surface area contributed by atoms with Crippen LogP contribution in [0.15, 0.2) is 12.2 Å². The predicted molar refractivity (Wildman–Crippen MR) is 92.9 cm³/mol. The summed E-state index contributed by atoms with van der Waals surface area (Å²) in [5.41, 5.74) is 0.929. The molecule has 1 unspecified atom stereocenters. The summed E-state index contributed by atoms with van der Waals surface area (Å²) in [6.45, 7) is 13.6. The van der Waals surface area contributed by atoms with Crippen molar-refractivity contribution >= 4 is 5.97 Å². The number of hydrogen-bond acceptors (Lipinski definition) is 3. The Morgan fingerprint density at radius 3 is 2.18 bits per heavy atom. The van der Waals surface area contributed by atoms with Crippen molar-refractivity contribution < 1.29 is 9.53 Å². The molecular weight excluding hydrogens is 274 g/mol. The number of rotatable bonds is 2. The summed E-state index contributed by atoms with van der Waals surface area (Å²) in [7, 11) is 2.23. The highest BCUT2D eigenvalue weighted by Crippen LogP contribution is 2.31. The molecule has 0 N–H and O–H groups in total. The van der Waals surface area contributed by atoms with Crippen LogP contribution in [0.4, 0.5) is 0 Å². The van der Waals surface area contributed by atoms with Gasteiger partial charge < -0.3 is 9.64 Å². The number of hydrogen-bond donors (Lipinski definition) is 0. The van der Waals surface area contributed by atoms with Gasteiger partial charge in [-0.2, -0.15) is 0 Å². The number of nitrogens with zero attached hydrogens (tertiary/aromatic N) is 1. The first-order valence-corrected chi connectivity index (χ1v) is 8.83. The second kappa shape index (κ2) is 8.71. The summed E-state index contributed by atoms with van der Waals surface area (Å²) in [6.07, 6.45) is 8.64. The van der Waals surface area contributed by atoms with Crippen molar-refractivity contribution in [3.63, 3.8) is 0 Å². The molecule has 2 rings (SSSR count). The summed E-state index contributed by atoms with van der Waals surface area (Å²) in [5.74, 6) is 0.619. The fraction of sp³-hybridized carbons (Fsp3) is 0.842.